The third-order valence-corrected chi connectivity index (χ3v) is 4.49. The molecular weight excluding hydrogens is 358 g/mol. The molecule has 21 heavy (non-hydrogen) atoms. The fourth-order valence-electron chi connectivity index (χ4n) is 1.68. The molecule has 0 spiro atoms. The van der Waals surface area contributed by atoms with E-state index in [2.05, 4.69) is 41.2 Å². The number of anilines is 1. The van der Waals surface area contributed by atoms with Crippen molar-refractivity contribution in [3.63, 3.8) is 0 Å². The molecule has 2 aromatic heterocycles. The van der Waals surface area contributed by atoms with Crippen LogP contribution in [0.4, 0.5) is 5.82 Å². The Labute approximate surface area is 131 Å². The summed E-state index contributed by atoms with van der Waals surface area (Å²) in [5.41, 5.74) is 0.591. The van der Waals surface area contributed by atoms with Crippen molar-refractivity contribution in [2.75, 3.05) is 11.3 Å². The highest BCUT2D eigenvalue weighted by Crippen LogP contribution is 2.17. The molecule has 7 nitrogen and oxygen atoms in total. The second-order valence-electron chi connectivity index (χ2n) is 4.37. The van der Waals surface area contributed by atoms with Crippen molar-refractivity contribution in [2.45, 2.75) is 24.9 Å². The Morgan fingerprint density at radius 1 is 1.33 bits per heavy atom. The molecule has 2 aromatic rings. The molecule has 0 aliphatic heterocycles. The van der Waals surface area contributed by atoms with Crippen LogP contribution in [-0.4, -0.2) is 30.1 Å². The highest BCUT2D eigenvalue weighted by Gasteiger charge is 2.21. The van der Waals surface area contributed by atoms with Crippen LogP contribution >= 0.6 is 15.9 Å². The van der Waals surface area contributed by atoms with Crippen LogP contribution in [0, 0.1) is 0 Å². The zero-order valence-electron chi connectivity index (χ0n) is 11.4. The predicted octanol–water partition coefficient (Wildman–Crippen LogP) is 1.87. The Morgan fingerprint density at radius 2 is 2.14 bits per heavy atom. The van der Waals surface area contributed by atoms with E-state index in [9.17, 15) is 8.42 Å². The van der Waals surface area contributed by atoms with Gasteiger partial charge in [-0.2, -0.15) is 13.5 Å². The monoisotopic (exact) mass is 373 g/mol. The molecule has 0 unspecified atom stereocenters. The van der Waals surface area contributed by atoms with Crippen molar-refractivity contribution in [1.82, 2.24) is 20.5 Å². The van der Waals surface area contributed by atoms with Gasteiger partial charge in [-0.05, 0) is 41.0 Å². The van der Waals surface area contributed by atoms with Gasteiger partial charge in [0.2, 0.25) is 0 Å². The number of aromatic amines is 1. The molecule has 0 aliphatic carbocycles. The minimum atomic E-state index is -3.74. The van der Waals surface area contributed by atoms with Crippen molar-refractivity contribution in [1.29, 1.82) is 0 Å². The number of pyridine rings is 1. The molecule has 2 heterocycles. The molecule has 0 atom stereocenters. The summed E-state index contributed by atoms with van der Waals surface area (Å²) < 4.78 is 27.9. The average molecular weight is 374 g/mol. The molecule has 0 aromatic carbocycles. The molecule has 0 saturated carbocycles. The van der Waals surface area contributed by atoms with Gasteiger partial charge in [0, 0.05) is 22.8 Å². The number of nitrogens with zero attached hydrogens (tertiary/aromatic N) is 2. The Hall–Kier alpha value is -1.45. The molecular formula is C12H16BrN5O2S. The van der Waals surface area contributed by atoms with Crippen LogP contribution in [-0.2, 0) is 16.6 Å². The largest absolute Gasteiger partial charge is 0.313 e. The molecule has 0 aliphatic rings. The third-order valence-electron chi connectivity index (χ3n) is 2.66. The van der Waals surface area contributed by atoms with E-state index >= 15 is 0 Å². The highest BCUT2D eigenvalue weighted by atomic mass is 79.9. The number of halogens is 1. The van der Waals surface area contributed by atoms with Gasteiger partial charge in [0.25, 0.3) is 10.0 Å². The van der Waals surface area contributed by atoms with Crippen molar-refractivity contribution < 1.29 is 8.42 Å². The summed E-state index contributed by atoms with van der Waals surface area (Å²) in [6.45, 7) is 3.29. The number of rotatable bonds is 7. The molecule has 3 N–H and O–H groups in total. The van der Waals surface area contributed by atoms with Gasteiger partial charge in [-0.1, -0.05) is 6.92 Å². The minimum absolute atomic E-state index is 0.0517. The Kier molecular flexibility index (Phi) is 5.32. The number of nitrogens with one attached hydrogen (secondary N) is 3. The summed E-state index contributed by atoms with van der Waals surface area (Å²) in [7, 11) is -3.74. The van der Waals surface area contributed by atoms with Gasteiger partial charge < -0.3 is 5.32 Å². The number of hydrogen-bond donors (Lipinski definition) is 3. The first-order chi connectivity index (χ1) is 10.0. The number of aromatic nitrogens is 3. The fourth-order valence-corrected chi connectivity index (χ4v) is 3.06. The van der Waals surface area contributed by atoms with Crippen LogP contribution in [0.3, 0.4) is 0 Å². The molecule has 0 bridgehead atoms. The molecule has 0 radical (unpaired) electrons. The van der Waals surface area contributed by atoms with Crippen LogP contribution in [0.25, 0.3) is 0 Å². The second-order valence-corrected chi connectivity index (χ2v) is 6.90. The Bertz CT molecular complexity index is 684. The predicted molar refractivity (Wildman–Crippen MR) is 83.3 cm³/mol. The maximum absolute atomic E-state index is 12.3. The summed E-state index contributed by atoms with van der Waals surface area (Å²) >= 11 is 3.25. The van der Waals surface area contributed by atoms with E-state index in [0.717, 1.165) is 17.4 Å². The maximum atomic E-state index is 12.3. The lowest BCUT2D eigenvalue weighted by Crippen LogP contribution is -2.19. The molecule has 0 fully saturated rings. The van der Waals surface area contributed by atoms with Crippen LogP contribution in [0.5, 0.6) is 0 Å². The maximum Gasteiger partial charge on any atom is 0.280 e. The van der Waals surface area contributed by atoms with E-state index in [0.29, 0.717) is 12.1 Å². The molecule has 0 saturated heterocycles. The zero-order chi connectivity index (χ0) is 15.3. The van der Waals surface area contributed by atoms with Crippen LogP contribution in [0.1, 0.15) is 18.9 Å². The standard InChI is InChI=1S/C12H16BrN5O2S/c1-2-5-14-6-9-7-16-17-12(9)21(19,20)18-11-4-3-10(13)8-15-11/h3-4,7-8,14H,2,5-6H2,1H3,(H,15,18)(H,16,17). The topological polar surface area (TPSA) is 99.8 Å². The van der Waals surface area contributed by atoms with E-state index in [1.54, 1.807) is 12.1 Å². The number of hydrogen-bond acceptors (Lipinski definition) is 5. The molecule has 0 amide bonds. The summed E-state index contributed by atoms with van der Waals surface area (Å²) in [6, 6.07) is 3.29. The normalized spacial score (nSPS) is 11.5. The smallest absolute Gasteiger partial charge is 0.280 e. The van der Waals surface area contributed by atoms with Crippen molar-refractivity contribution in [3.05, 3.63) is 34.6 Å². The first-order valence-electron chi connectivity index (χ1n) is 6.40. The van der Waals surface area contributed by atoms with Crippen molar-refractivity contribution in [3.8, 4) is 0 Å². The summed E-state index contributed by atoms with van der Waals surface area (Å²) in [6.07, 6.45) is 4.00. The lowest BCUT2D eigenvalue weighted by Gasteiger charge is -2.08. The first kappa shape index (κ1) is 15.9. The molecule has 114 valence electrons. The van der Waals surface area contributed by atoms with Gasteiger partial charge in [-0.3, -0.25) is 9.82 Å². The Balaban J connectivity index is 2.16. The number of sulfonamides is 1. The van der Waals surface area contributed by atoms with Crippen molar-refractivity contribution >= 4 is 31.8 Å². The summed E-state index contributed by atoms with van der Waals surface area (Å²) in [5, 5.41) is 9.54. The molecule has 2 rings (SSSR count). The van der Waals surface area contributed by atoms with E-state index in [4.69, 9.17) is 0 Å². The van der Waals surface area contributed by atoms with Crippen LogP contribution in [0.2, 0.25) is 0 Å². The second kappa shape index (κ2) is 7.01. The first-order valence-corrected chi connectivity index (χ1v) is 8.68. The van der Waals surface area contributed by atoms with E-state index in [-0.39, 0.29) is 10.8 Å². The lowest BCUT2D eigenvalue weighted by molar-refractivity contribution is 0.593. The molecule has 9 heteroatoms. The van der Waals surface area contributed by atoms with Crippen molar-refractivity contribution in [2.24, 2.45) is 0 Å². The third kappa shape index (κ3) is 4.26. The van der Waals surface area contributed by atoms with Gasteiger partial charge in [-0.15, -0.1) is 0 Å². The van der Waals surface area contributed by atoms with Crippen LogP contribution in [0.15, 0.2) is 34.0 Å². The summed E-state index contributed by atoms with van der Waals surface area (Å²) in [4.78, 5) is 3.99. The van der Waals surface area contributed by atoms with Crippen LogP contribution < -0.4 is 10.0 Å². The fraction of sp³-hybridized carbons (Fsp3) is 0.333. The van der Waals surface area contributed by atoms with Gasteiger partial charge >= 0.3 is 0 Å². The average Bonchev–Trinajstić information content (AvgIpc) is 2.91. The van der Waals surface area contributed by atoms with Gasteiger partial charge in [0.15, 0.2) is 5.03 Å². The van der Waals surface area contributed by atoms with Gasteiger partial charge in [0.05, 0.1) is 6.20 Å². The van der Waals surface area contributed by atoms with E-state index in [1.807, 2.05) is 6.92 Å². The lowest BCUT2D eigenvalue weighted by atomic mass is 10.3. The summed E-state index contributed by atoms with van der Waals surface area (Å²) in [5.74, 6) is 0.250. The number of H-pyrrole nitrogens is 1. The van der Waals surface area contributed by atoms with E-state index < -0.39 is 10.0 Å². The van der Waals surface area contributed by atoms with Gasteiger partial charge in [0.1, 0.15) is 5.82 Å². The highest BCUT2D eigenvalue weighted by molar-refractivity contribution is 9.10. The SMILES string of the molecule is CCCNCc1cn[nH]c1S(=O)(=O)Nc1ccc(Br)cn1. The Morgan fingerprint density at radius 3 is 2.81 bits per heavy atom. The zero-order valence-corrected chi connectivity index (χ0v) is 13.8. The quantitative estimate of drug-likeness (QED) is 0.643. The minimum Gasteiger partial charge on any atom is -0.313 e. The van der Waals surface area contributed by atoms with Gasteiger partial charge in [-0.25, -0.2) is 4.98 Å². The van der Waals surface area contributed by atoms with E-state index in [1.165, 1.54) is 12.4 Å².